The number of H-pyrrole nitrogens is 1. The topological polar surface area (TPSA) is 80.5 Å². The Hall–Kier alpha value is -1.79. The second kappa shape index (κ2) is 2.61. The second-order valence-corrected chi connectivity index (χ2v) is 2.37. The largest absolute Gasteiger partial charge is 0.368 e. The van der Waals surface area contributed by atoms with E-state index in [0.29, 0.717) is 0 Å². The number of hydrogen-bond donors (Lipinski definition) is 2. The highest BCUT2D eigenvalue weighted by molar-refractivity contribution is 5.73. The van der Waals surface area contributed by atoms with Gasteiger partial charge < -0.3 is 10.7 Å². The predicted molar refractivity (Wildman–Crippen MR) is 41.1 cm³/mol. The molecule has 0 aromatic carbocycles. The number of fused-ring (bicyclic) bond motifs is 1. The first-order valence-corrected chi connectivity index (χ1v) is 3.43. The Kier molecular flexibility index (Phi) is 1.57. The molecule has 0 atom stereocenters. The van der Waals surface area contributed by atoms with E-state index in [1.165, 1.54) is 6.33 Å². The third-order valence-electron chi connectivity index (χ3n) is 1.54. The fourth-order valence-electron chi connectivity index (χ4n) is 1.03. The molecule has 0 bridgehead atoms. The fraction of sp³-hybridized carbons (Fsp3) is 0.167. The molecule has 0 aliphatic rings. The Balaban J connectivity index is 2.77. The number of nitrogens with one attached hydrogen (secondary N) is 1. The van der Waals surface area contributed by atoms with Crippen LogP contribution >= 0.6 is 0 Å². The van der Waals surface area contributed by atoms with Crippen molar-refractivity contribution in [3.05, 3.63) is 12.0 Å². The number of aromatic nitrogens is 4. The third kappa shape index (κ3) is 1.17. The number of anilines is 1. The van der Waals surface area contributed by atoms with Crippen molar-refractivity contribution in [2.75, 3.05) is 5.73 Å². The summed E-state index contributed by atoms with van der Waals surface area (Å²) in [6, 6.07) is 0. The Morgan fingerprint density at radius 1 is 1.38 bits per heavy atom. The summed E-state index contributed by atoms with van der Waals surface area (Å²) in [5.74, 6) is -0.199. The van der Waals surface area contributed by atoms with Crippen LogP contribution in [-0.4, -0.2) is 19.9 Å². The van der Waals surface area contributed by atoms with E-state index in [4.69, 9.17) is 5.73 Å². The Labute approximate surface area is 71.0 Å². The molecule has 2 heterocycles. The number of rotatable bonds is 1. The number of hydrogen-bond acceptors (Lipinski definition) is 4. The van der Waals surface area contributed by atoms with Gasteiger partial charge in [0.15, 0.2) is 5.65 Å². The molecule has 5 nitrogen and oxygen atoms in total. The number of aromatic amines is 1. The van der Waals surface area contributed by atoms with Crippen LogP contribution in [0.4, 0.5) is 14.7 Å². The van der Waals surface area contributed by atoms with E-state index in [0.717, 1.165) is 0 Å². The van der Waals surface area contributed by atoms with E-state index in [1.807, 2.05) is 0 Å². The van der Waals surface area contributed by atoms with Gasteiger partial charge in [-0.05, 0) is 0 Å². The summed E-state index contributed by atoms with van der Waals surface area (Å²) in [6.07, 6.45) is -1.42. The molecule has 0 aliphatic heterocycles. The summed E-state index contributed by atoms with van der Waals surface area (Å²) in [6.45, 7) is 0. The number of nitrogens with two attached hydrogens (primary N) is 1. The lowest BCUT2D eigenvalue weighted by Crippen LogP contribution is -2.00. The maximum absolute atomic E-state index is 12.4. The molecule has 0 saturated heterocycles. The van der Waals surface area contributed by atoms with Crippen LogP contribution in [0, 0.1) is 0 Å². The molecular weight excluding hydrogens is 180 g/mol. The van der Waals surface area contributed by atoms with Crippen LogP contribution < -0.4 is 5.73 Å². The molecular formula is C6H5F2N5. The molecule has 0 radical (unpaired) electrons. The van der Waals surface area contributed by atoms with Crippen molar-refractivity contribution in [2.45, 2.75) is 6.43 Å². The van der Waals surface area contributed by atoms with Gasteiger partial charge in [-0.2, -0.15) is 4.98 Å². The molecule has 0 unspecified atom stereocenters. The number of nitrogens with zero attached hydrogens (tertiary/aromatic N) is 3. The van der Waals surface area contributed by atoms with Gasteiger partial charge in [0.1, 0.15) is 11.2 Å². The quantitative estimate of drug-likeness (QED) is 0.690. The van der Waals surface area contributed by atoms with Crippen LogP contribution in [0.1, 0.15) is 12.1 Å². The van der Waals surface area contributed by atoms with E-state index >= 15 is 0 Å². The summed E-state index contributed by atoms with van der Waals surface area (Å²) in [5, 5.41) is 0. The minimum atomic E-state index is -2.69. The zero-order valence-corrected chi connectivity index (χ0v) is 6.33. The molecule has 13 heavy (non-hydrogen) atoms. The Morgan fingerprint density at radius 2 is 2.15 bits per heavy atom. The van der Waals surface area contributed by atoms with Crippen molar-refractivity contribution in [1.29, 1.82) is 0 Å². The molecule has 3 N–H and O–H groups in total. The second-order valence-electron chi connectivity index (χ2n) is 2.37. The van der Waals surface area contributed by atoms with E-state index in [9.17, 15) is 8.78 Å². The van der Waals surface area contributed by atoms with Crippen LogP contribution in [0.15, 0.2) is 6.33 Å². The van der Waals surface area contributed by atoms with Gasteiger partial charge in [-0.3, -0.25) is 0 Å². The molecule has 2 aromatic rings. The van der Waals surface area contributed by atoms with Gasteiger partial charge >= 0.3 is 0 Å². The molecule has 0 aliphatic carbocycles. The lowest BCUT2D eigenvalue weighted by Gasteiger charge is -1.99. The minimum absolute atomic E-state index is 0.129. The molecule has 2 aromatic heterocycles. The SMILES string of the molecule is Nc1nc(C(F)F)c2[nH]cnc2n1. The van der Waals surface area contributed by atoms with Crippen LogP contribution in [0.25, 0.3) is 11.2 Å². The van der Waals surface area contributed by atoms with E-state index in [-0.39, 0.29) is 17.1 Å². The summed E-state index contributed by atoms with van der Waals surface area (Å²) in [5.41, 5.74) is 5.08. The highest BCUT2D eigenvalue weighted by Gasteiger charge is 2.16. The normalized spacial score (nSPS) is 11.3. The van der Waals surface area contributed by atoms with Crippen LogP contribution in [-0.2, 0) is 0 Å². The van der Waals surface area contributed by atoms with Crippen molar-refractivity contribution in [3.63, 3.8) is 0 Å². The van der Waals surface area contributed by atoms with Crippen LogP contribution in [0.3, 0.4) is 0 Å². The van der Waals surface area contributed by atoms with Crippen molar-refractivity contribution in [1.82, 2.24) is 19.9 Å². The van der Waals surface area contributed by atoms with E-state index < -0.39 is 12.1 Å². The molecule has 2 rings (SSSR count). The average molecular weight is 185 g/mol. The average Bonchev–Trinajstić information content (AvgIpc) is 2.49. The van der Waals surface area contributed by atoms with Gasteiger partial charge in [0, 0.05) is 0 Å². The smallest absolute Gasteiger partial charge is 0.282 e. The number of nitrogen functional groups attached to an aromatic ring is 1. The summed E-state index contributed by atoms with van der Waals surface area (Å²) >= 11 is 0. The number of imidazole rings is 1. The van der Waals surface area contributed by atoms with Gasteiger partial charge in [-0.15, -0.1) is 0 Å². The Morgan fingerprint density at radius 3 is 2.85 bits per heavy atom. The lowest BCUT2D eigenvalue weighted by atomic mass is 10.4. The first-order valence-electron chi connectivity index (χ1n) is 3.43. The maximum Gasteiger partial charge on any atom is 0.282 e. The summed E-state index contributed by atoms with van der Waals surface area (Å²) in [7, 11) is 0. The van der Waals surface area contributed by atoms with Crippen molar-refractivity contribution in [2.24, 2.45) is 0 Å². The zero-order chi connectivity index (χ0) is 9.42. The van der Waals surface area contributed by atoms with Gasteiger partial charge in [-0.25, -0.2) is 18.7 Å². The predicted octanol–water partition coefficient (Wildman–Crippen LogP) is 0.873. The summed E-state index contributed by atoms with van der Waals surface area (Å²) in [4.78, 5) is 13.3. The molecule has 7 heteroatoms. The van der Waals surface area contributed by atoms with E-state index in [1.54, 1.807) is 0 Å². The first kappa shape index (κ1) is 7.84. The van der Waals surface area contributed by atoms with Crippen molar-refractivity contribution >= 4 is 17.1 Å². The minimum Gasteiger partial charge on any atom is -0.368 e. The van der Waals surface area contributed by atoms with Gasteiger partial charge in [-0.1, -0.05) is 0 Å². The molecule has 0 amide bonds. The number of halogens is 2. The molecule has 0 fully saturated rings. The van der Waals surface area contributed by atoms with Crippen molar-refractivity contribution in [3.8, 4) is 0 Å². The summed E-state index contributed by atoms with van der Waals surface area (Å²) < 4.78 is 24.7. The first-order chi connectivity index (χ1) is 6.18. The van der Waals surface area contributed by atoms with Crippen LogP contribution in [0.2, 0.25) is 0 Å². The zero-order valence-electron chi connectivity index (χ0n) is 6.33. The monoisotopic (exact) mass is 185 g/mol. The van der Waals surface area contributed by atoms with E-state index in [2.05, 4.69) is 19.9 Å². The lowest BCUT2D eigenvalue weighted by molar-refractivity contribution is 0.148. The fourth-order valence-corrected chi connectivity index (χ4v) is 1.03. The Bertz CT molecular complexity index is 438. The third-order valence-corrected chi connectivity index (χ3v) is 1.54. The maximum atomic E-state index is 12.4. The highest BCUT2D eigenvalue weighted by Crippen LogP contribution is 2.22. The highest BCUT2D eigenvalue weighted by atomic mass is 19.3. The van der Waals surface area contributed by atoms with Crippen molar-refractivity contribution < 1.29 is 8.78 Å². The molecule has 0 saturated carbocycles. The number of alkyl halides is 2. The standard InChI is InChI=1S/C6H5F2N5/c7-4(8)2-3-5(11-1-10-3)13-6(9)12-2/h1,4H,(H3,9,10,11,12,13). The van der Waals surface area contributed by atoms with Gasteiger partial charge in [0.2, 0.25) is 5.95 Å². The van der Waals surface area contributed by atoms with Gasteiger partial charge in [0.25, 0.3) is 6.43 Å². The van der Waals surface area contributed by atoms with Crippen LogP contribution in [0.5, 0.6) is 0 Å². The van der Waals surface area contributed by atoms with Gasteiger partial charge in [0.05, 0.1) is 6.33 Å². The molecule has 68 valence electrons. The molecule has 0 spiro atoms.